The van der Waals surface area contributed by atoms with E-state index in [1.165, 1.54) is 12.2 Å². The number of ketones is 1. The average Bonchev–Trinajstić information content (AvgIpc) is 2.83. The molecule has 0 saturated carbocycles. The van der Waals surface area contributed by atoms with Crippen LogP contribution in [0.3, 0.4) is 0 Å². The molecule has 33 heavy (non-hydrogen) atoms. The van der Waals surface area contributed by atoms with Crippen LogP contribution in [-0.2, 0) is 4.79 Å². The van der Waals surface area contributed by atoms with E-state index in [9.17, 15) is 9.90 Å². The fraction of sp³-hybridized carbons (Fsp3) is 0.148. The summed E-state index contributed by atoms with van der Waals surface area (Å²) in [5.41, 5.74) is 1.52. The molecule has 0 saturated heterocycles. The summed E-state index contributed by atoms with van der Waals surface area (Å²) in [4.78, 5) is 12.2. The Morgan fingerprint density at radius 3 is 1.76 bits per heavy atom. The molecule has 0 unspecified atom stereocenters. The first kappa shape index (κ1) is 25.1. The number of aliphatic hydroxyl groups is 1. The molecule has 0 aliphatic carbocycles. The van der Waals surface area contributed by atoms with Crippen molar-refractivity contribution in [3.05, 3.63) is 96.8 Å². The van der Waals surface area contributed by atoms with Gasteiger partial charge in [-0.3, -0.25) is 4.79 Å². The lowest BCUT2D eigenvalue weighted by Gasteiger charge is -2.09. The Morgan fingerprint density at radius 1 is 0.818 bits per heavy atom. The molecule has 0 aromatic heterocycles. The Kier molecular flexibility index (Phi) is 10.1. The molecule has 6 heteroatoms. The van der Waals surface area contributed by atoms with E-state index in [0.29, 0.717) is 36.2 Å². The highest BCUT2D eigenvalue weighted by atomic mass is 16.5. The van der Waals surface area contributed by atoms with E-state index >= 15 is 0 Å². The van der Waals surface area contributed by atoms with Crippen molar-refractivity contribution in [2.24, 2.45) is 0 Å². The molecule has 2 aromatic carbocycles. The maximum Gasteiger partial charge on any atom is 0.182 e. The Morgan fingerprint density at radius 2 is 1.30 bits per heavy atom. The molecule has 0 spiro atoms. The minimum atomic E-state index is -0.367. The number of ether oxygens (including phenoxy) is 4. The molecule has 0 aliphatic rings. The number of aliphatic hydroxyl groups excluding tert-OH is 1. The summed E-state index contributed by atoms with van der Waals surface area (Å²) in [6.45, 7) is 7.96. The number of carbonyl (C=O) groups is 1. The van der Waals surface area contributed by atoms with Crippen molar-refractivity contribution in [3.8, 4) is 23.0 Å². The number of rotatable bonds is 13. The summed E-state index contributed by atoms with van der Waals surface area (Å²) in [5, 5.41) is 10.1. The van der Waals surface area contributed by atoms with E-state index < -0.39 is 0 Å². The first-order chi connectivity index (χ1) is 16.0. The van der Waals surface area contributed by atoms with Crippen LogP contribution in [0.25, 0.3) is 12.2 Å². The number of benzene rings is 2. The molecule has 0 fully saturated rings. The molecule has 2 rings (SSSR count). The Balaban J connectivity index is 2.05. The lowest BCUT2D eigenvalue weighted by molar-refractivity contribution is -0.110. The topological polar surface area (TPSA) is 74.2 Å². The van der Waals surface area contributed by atoms with Crippen molar-refractivity contribution in [2.75, 3.05) is 27.4 Å². The van der Waals surface area contributed by atoms with Gasteiger partial charge in [-0.25, -0.2) is 0 Å². The average molecular weight is 449 g/mol. The second kappa shape index (κ2) is 13.3. The van der Waals surface area contributed by atoms with Crippen LogP contribution in [-0.4, -0.2) is 38.3 Å². The standard InChI is InChI=1S/C27H28O6/c1-5-15-32-24-13-9-20(17-26(24)30-3)7-11-22(28)19-23(29)12-8-21-10-14-25(33-16-6-2)27(18-21)31-4/h5-14,17-19,28H,1-2,15-16H2,3-4H3/b11-7+,12-8+,22-19-. The van der Waals surface area contributed by atoms with Gasteiger partial charge in [-0.2, -0.15) is 0 Å². The SMILES string of the molecule is C=CCOc1ccc(/C=C/C(=O)/C=C(O)/C=C/c2ccc(OCC=C)c(OC)c2)cc1OC. The smallest absolute Gasteiger partial charge is 0.182 e. The molecule has 0 amide bonds. The number of carbonyl (C=O) groups excluding carboxylic acids is 1. The van der Waals surface area contributed by atoms with Gasteiger partial charge in [0, 0.05) is 6.08 Å². The van der Waals surface area contributed by atoms with E-state index in [2.05, 4.69) is 13.2 Å². The quantitative estimate of drug-likeness (QED) is 0.187. The molecule has 2 aromatic rings. The predicted octanol–water partition coefficient (Wildman–Crippen LogP) is 5.57. The van der Waals surface area contributed by atoms with Crippen molar-refractivity contribution in [2.45, 2.75) is 0 Å². The van der Waals surface area contributed by atoms with E-state index in [1.807, 2.05) is 6.07 Å². The minimum absolute atomic E-state index is 0.179. The first-order valence-corrected chi connectivity index (χ1v) is 10.1. The van der Waals surface area contributed by atoms with Gasteiger partial charge < -0.3 is 24.1 Å². The van der Waals surface area contributed by atoms with E-state index in [-0.39, 0.29) is 11.5 Å². The van der Waals surface area contributed by atoms with Crippen LogP contribution in [0.2, 0.25) is 0 Å². The first-order valence-electron chi connectivity index (χ1n) is 10.1. The number of hydrogen-bond acceptors (Lipinski definition) is 6. The van der Waals surface area contributed by atoms with E-state index in [4.69, 9.17) is 18.9 Å². The predicted molar refractivity (Wildman–Crippen MR) is 131 cm³/mol. The van der Waals surface area contributed by atoms with Crippen LogP contribution >= 0.6 is 0 Å². The van der Waals surface area contributed by atoms with Crippen molar-refractivity contribution < 1.29 is 28.8 Å². The molecule has 6 nitrogen and oxygen atoms in total. The summed E-state index contributed by atoms with van der Waals surface area (Å²) in [7, 11) is 3.09. The molecule has 172 valence electrons. The fourth-order valence-electron chi connectivity index (χ4n) is 2.71. The zero-order valence-electron chi connectivity index (χ0n) is 18.8. The third-order valence-corrected chi connectivity index (χ3v) is 4.27. The Labute approximate surface area is 194 Å². The van der Waals surface area contributed by atoms with Gasteiger partial charge in [0.25, 0.3) is 0 Å². The van der Waals surface area contributed by atoms with Crippen molar-refractivity contribution in [1.29, 1.82) is 0 Å². The van der Waals surface area contributed by atoms with Gasteiger partial charge in [-0.05, 0) is 47.5 Å². The van der Waals surface area contributed by atoms with E-state index in [1.54, 1.807) is 68.9 Å². The number of methoxy groups -OCH3 is 2. The molecule has 0 radical (unpaired) electrons. The van der Waals surface area contributed by atoms with Crippen LogP contribution < -0.4 is 18.9 Å². The van der Waals surface area contributed by atoms with Crippen LogP contribution in [0, 0.1) is 0 Å². The van der Waals surface area contributed by atoms with Gasteiger partial charge in [0.15, 0.2) is 28.8 Å². The van der Waals surface area contributed by atoms with E-state index in [0.717, 1.165) is 17.2 Å². The van der Waals surface area contributed by atoms with Crippen LogP contribution in [0.4, 0.5) is 0 Å². The Bertz CT molecular complexity index is 1060. The minimum Gasteiger partial charge on any atom is -0.508 e. The number of hydrogen-bond donors (Lipinski definition) is 1. The van der Waals surface area contributed by atoms with Gasteiger partial charge in [-0.1, -0.05) is 49.6 Å². The van der Waals surface area contributed by atoms with Crippen LogP contribution in [0.15, 0.2) is 85.7 Å². The summed E-state index contributed by atoms with van der Waals surface area (Å²) in [5.74, 6) is 1.73. The summed E-state index contributed by atoms with van der Waals surface area (Å²) in [6, 6.07) is 10.6. The highest BCUT2D eigenvalue weighted by molar-refractivity contribution is 6.02. The molecular weight excluding hydrogens is 420 g/mol. The van der Waals surface area contributed by atoms with Gasteiger partial charge in [0.2, 0.25) is 0 Å². The fourth-order valence-corrected chi connectivity index (χ4v) is 2.71. The molecule has 1 N–H and O–H groups in total. The van der Waals surface area contributed by atoms with Crippen molar-refractivity contribution in [1.82, 2.24) is 0 Å². The summed E-state index contributed by atoms with van der Waals surface area (Å²) < 4.78 is 21.7. The van der Waals surface area contributed by atoms with Crippen LogP contribution in [0.1, 0.15) is 11.1 Å². The van der Waals surface area contributed by atoms with Gasteiger partial charge in [-0.15, -0.1) is 0 Å². The zero-order valence-corrected chi connectivity index (χ0v) is 18.8. The molecule has 0 aliphatic heterocycles. The molecule has 0 heterocycles. The van der Waals surface area contributed by atoms with Crippen LogP contribution in [0.5, 0.6) is 23.0 Å². The van der Waals surface area contributed by atoms with Gasteiger partial charge in [0.1, 0.15) is 19.0 Å². The Hall–Kier alpha value is -4.19. The highest BCUT2D eigenvalue weighted by Crippen LogP contribution is 2.29. The third-order valence-electron chi connectivity index (χ3n) is 4.27. The normalized spacial score (nSPS) is 11.4. The lowest BCUT2D eigenvalue weighted by Crippen LogP contribution is -1.96. The van der Waals surface area contributed by atoms with Gasteiger partial charge in [0.05, 0.1) is 14.2 Å². The summed E-state index contributed by atoms with van der Waals surface area (Å²) >= 11 is 0. The van der Waals surface area contributed by atoms with Crippen molar-refractivity contribution >= 4 is 17.9 Å². The maximum absolute atomic E-state index is 12.2. The molecule has 0 atom stereocenters. The highest BCUT2D eigenvalue weighted by Gasteiger charge is 2.05. The molecular formula is C27H28O6. The largest absolute Gasteiger partial charge is 0.508 e. The number of allylic oxidation sites excluding steroid dienone is 3. The van der Waals surface area contributed by atoms with Crippen molar-refractivity contribution in [3.63, 3.8) is 0 Å². The second-order valence-electron chi connectivity index (χ2n) is 6.66. The second-order valence-corrected chi connectivity index (χ2v) is 6.66. The zero-order chi connectivity index (χ0) is 24.1. The molecule has 0 bridgehead atoms. The van der Waals surface area contributed by atoms with Gasteiger partial charge >= 0.3 is 0 Å². The lowest BCUT2D eigenvalue weighted by atomic mass is 10.1. The monoisotopic (exact) mass is 448 g/mol. The maximum atomic E-state index is 12.2. The third kappa shape index (κ3) is 8.10. The summed E-state index contributed by atoms with van der Waals surface area (Å²) in [6.07, 6.45) is 10.5.